The van der Waals surface area contributed by atoms with Crippen molar-refractivity contribution < 1.29 is 13.7 Å². The third kappa shape index (κ3) is 4.32. The van der Waals surface area contributed by atoms with Crippen LogP contribution in [-0.4, -0.2) is 49.1 Å². The second-order valence-corrected chi connectivity index (χ2v) is 9.28. The van der Waals surface area contributed by atoms with E-state index in [9.17, 15) is 9.00 Å². The fourth-order valence-corrected chi connectivity index (χ4v) is 4.54. The number of hydrogen-bond donors (Lipinski definition) is 0. The van der Waals surface area contributed by atoms with Gasteiger partial charge in [0, 0.05) is 18.3 Å². The number of hydrogen-bond acceptors (Lipinski definition) is 5. The first-order valence-electron chi connectivity index (χ1n) is 8.55. The highest BCUT2D eigenvalue weighted by molar-refractivity contribution is 7.85. The van der Waals surface area contributed by atoms with Crippen molar-refractivity contribution in [3.8, 4) is 0 Å². The molecule has 140 valence electrons. The van der Waals surface area contributed by atoms with E-state index in [0.717, 1.165) is 0 Å². The van der Waals surface area contributed by atoms with Gasteiger partial charge in [-0.15, -0.1) is 0 Å². The molecule has 26 heavy (non-hydrogen) atoms. The van der Waals surface area contributed by atoms with Gasteiger partial charge >= 0.3 is 6.09 Å². The van der Waals surface area contributed by atoms with Gasteiger partial charge in [-0.1, -0.05) is 23.7 Å². The van der Waals surface area contributed by atoms with Crippen molar-refractivity contribution in [2.45, 2.75) is 49.5 Å². The number of carbonyl (C=O) groups is 1. The summed E-state index contributed by atoms with van der Waals surface area (Å²) in [5, 5.41) is 0.388. The number of halogens is 1. The van der Waals surface area contributed by atoms with E-state index < -0.39 is 16.4 Å². The van der Waals surface area contributed by atoms with Crippen LogP contribution in [0.1, 0.15) is 33.6 Å². The zero-order chi connectivity index (χ0) is 18.9. The topological polar surface area (TPSA) is 72.4 Å². The van der Waals surface area contributed by atoms with Crippen LogP contribution in [-0.2, 0) is 15.5 Å². The third-order valence-corrected chi connectivity index (χ3v) is 6.20. The predicted octanol–water partition coefficient (Wildman–Crippen LogP) is 3.79. The average molecular weight is 396 g/mol. The van der Waals surface area contributed by atoms with E-state index in [-0.39, 0.29) is 16.5 Å². The van der Waals surface area contributed by atoms with Crippen LogP contribution >= 0.6 is 11.6 Å². The molecule has 0 radical (unpaired) electrons. The van der Waals surface area contributed by atoms with E-state index in [1.807, 2.05) is 45.0 Å². The number of likely N-dealkylation sites (tertiary alicyclic amines) is 1. The van der Waals surface area contributed by atoms with E-state index in [1.54, 1.807) is 4.90 Å². The largest absolute Gasteiger partial charge is 0.444 e. The summed E-state index contributed by atoms with van der Waals surface area (Å²) in [6.07, 6.45) is 0.887. The molecule has 0 N–H and O–H groups in total. The Bertz CT molecular complexity index is 845. The van der Waals surface area contributed by atoms with Crippen LogP contribution in [0.15, 0.2) is 29.3 Å². The lowest BCUT2D eigenvalue weighted by atomic mass is 10.1. The second kappa shape index (κ2) is 7.48. The molecule has 1 aliphatic rings. The minimum Gasteiger partial charge on any atom is -0.444 e. The molecule has 2 aromatic rings. The van der Waals surface area contributed by atoms with E-state index >= 15 is 0 Å². The maximum absolute atomic E-state index is 13.0. The lowest BCUT2D eigenvalue weighted by Crippen LogP contribution is -2.43. The highest BCUT2D eigenvalue weighted by atomic mass is 35.5. The Morgan fingerprint density at radius 1 is 1.19 bits per heavy atom. The van der Waals surface area contributed by atoms with Crippen LogP contribution in [0.2, 0.25) is 5.15 Å². The number of fused-ring (bicyclic) bond motifs is 1. The summed E-state index contributed by atoms with van der Waals surface area (Å²) in [6, 6.07) is 7.36. The third-order valence-electron chi connectivity index (χ3n) is 4.09. The second-order valence-electron chi connectivity index (χ2n) is 7.27. The van der Waals surface area contributed by atoms with Gasteiger partial charge < -0.3 is 9.64 Å². The Kier molecular flexibility index (Phi) is 5.48. The van der Waals surface area contributed by atoms with Gasteiger partial charge in [0.2, 0.25) is 0 Å². The van der Waals surface area contributed by atoms with Crippen LogP contribution in [0.3, 0.4) is 0 Å². The monoisotopic (exact) mass is 395 g/mol. The van der Waals surface area contributed by atoms with Gasteiger partial charge in [-0.25, -0.2) is 14.8 Å². The molecule has 1 fully saturated rings. The van der Waals surface area contributed by atoms with Crippen LogP contribution in [0.5, 0.6) is 0 Å². The van der Waals surface area contributed by atoms with Gasteiger partial charge in [0.05, 0.1) is 21.8 Å². The molecule has 1 atom stereocenters. The van der Waals surface area contributed by atoms with Crippen LogP contribution in [0.4, 0.5) is 4.79 Å². The molecule has 0 bridgehead atoms. The van der Waals surface area contributed by atoms with Crippen LogP contribution in [0.25, 0.3) is 11.0 Å². The van der Waals surface area contributed by atoms with E-state index in [1.165, 1.54) is 0 Å². The van der Waals surface area contributed by atoms with Crippen molar-refractivity contribution in [1.29, 1.82) is 0 Å². The van der Waals surface area contributed by atoms with Crippen molar-refractivity contribution in [1.82, 2.24) is 14.9 Å². The molecule has 1 aliphatic heterocycles. The number of amides is 1. The summed E-state index contributed by atoms with van der Waals surface area (Å²) in [5.74, 6) is 0. The summed E-state index contributed by atoms with van der Waals surface area (Å²) in [7, 11) is -1.37. The maximum atomic E-state index is 13.0. The van der Waals surface area contributed by atoms with Gasteiger partial charge in [0.1, 0.15) is 5.60 Å². The molecule has 6 nitrogen and oxygen atoms in total. The summed E-state index contributed by atoms with van der Waals surface area (Å²) in [4.78, 5) is 22.6. The van der Waals surface area contributed by atoms with Gasteiger partial charge in [-0.2, -0.15) is 0 Å². The summed E-state index contributed by atoms with van der Waals surface area (Å²) < 4.78 is 18.4. The van der Waals surface area contributed by atoms with Gasteiger partial charge in [-0.3, -0.25) is 4.21 Å². The lowest BCUT2D eigenvalue weighted by molar-refractivity contribution is 0.0218. The first-order chi connectivity index (χ1) is 12.2. The fourth-order valence-electron chi connectivity index (χ4n) is 2.83. The number of piperidine rings is 1. The quantitative estimate of drug-likeness (QED) is 0.773. The Morgan fingerprint density at radius 3 is 2.35 bits per heavy atom. The fraction of sp³-hybridized carbons (Fsp3) is 0.500. The number of benzene rings is 1. The molecule has 1 saturated heterocycles. The van der Waals surface area contributed by atoms with Crippen molar-refractivity contribution >= 4 is 39.5 Å². The smallest absolute Gasteiger partial charge is 0.410 e. The molecule has 8 heteroatoms. The molecular formula is C18H22ClN3O3S. The molecule has 1 aromatic carbocycles. The number of ether oxygens (including phenoxy) is 1. The average Bonchev–Trinajstić information content (AvgIpc) is 2.59. The Hall–Kier alpha value is -1.73. The standard InChI is InChI=1S/C18H22ClN3O3S/c1-18(2,3)25-17(23)22-10-8-12(9-11-22)26(24)16-15(19)20-13-6-4-5-7-14(13)21-16/h4-7,12H,8-11H2,1-3H3/t26-/m1/s1. The van der Waals surface area contributed by atoms with Gasteiger partial charge in [0.15, 0.2) is 10.2 Å². The summed E-state index contributed by atoms with van der Waals surface area (Å²) >= 11 is 6.22. The van der Waals surface area contributed by atoms with Crippen LogP contribution < -0.4 is 0 Å². The van der Waals surface area contributed by atoms with Crippen molar-refractivity contribution in [3.63, 3.8) is 0 Å². The maximum Gasteiger partial charge on any atom is 0.410 e. The normalized spacial score (nSPS) is 17.3. The Balaban J connectivity index is 1.69. The van der Waals surface area contributed by atoms with E-state index in [0.29, 0.717) is 42.0 Å². The highest BCUT2D eigenvalue weighted by Gasteiger charge is 2.31. The number of rotatable bonds is 2. The molecule has 0 aliphatic carbocycles. The predicted molar refractivity (Wildman–Crippen MR) is 102 cm³/mol. The Morgan fingerprint density at radius 2 is 1.77 bits per heavy atom. The molecule has 0 unspecified atom stereocenters. The van der Waals surface area contributed by atoms with E-state index in [4.69, 9.17) is 16.3 Å². The summed E-state index contributed by atoms with van der Waals surface area (Å²) in [6.45, 7) is 6.53. The number of nitrogens with zero attached hydrogens (tertiary/aromatic N) is 3. The van der Waals surface area contributed by atoms with Gasteiger partial charge in [0.25, 0.3) is 0 Å². The SMILES string of the molecule is CC(C)(C)OC(=O)N1CCC([S@@](=O)c2nc3ccccc3nc2Cl)CC1. The first-order valence-corrected chi connectivity index (χ1v) is 10.1. The molecule has 2 heterocycles. The van der Waals surface area contributed by atoms with Crippen molar-refractivity contribution in [2.24, 2.45) is 0 Å². The molecule has 1 amide bonds. The van der Waals surface area contributed by atoms with Crippen molar-refractivity contribution in [3.05, 3.63) is 29.4 Å². The number of carbonyl (C=O) groups excluding carboxylic acids is 1. The molecule has 3 rings (SSSR count). The number of aromatic nitrogens is 2. The van der Waals surface area contributed by atoms with Crippen LogP contribution in [0, 0.1) is 0 Å². The molecule has 1 aromatic heterocycles. The zero-order valence-corrected chi connectivity index (χ0v) is 16.6. The Labute approximate surface area is 160 Å². The number of para-hydroxylation sites is 2. The molecular weight excluding hydrogens is 374 g/mol. The summed E-state index contributed by atoms with van der Waals surface area (Å²) in [5.41, 5.74) is 0.828. The minimum atomic E-state index is -1.37. The highest BCUT2D eigenvalue weighted by Crippen LogP contribution is 2.26. The molecule has 0 saturated carbocycles. The van der Waals surface area contributed by atoms with Crippen molar-refractivity contribution in [2.75, 3.05) is 13.1 Å². The zero-order valence-electron chi connectivity index (χ0n) is 15.1. The lowest BCUT2D eigenvalue weighted by Gasteiger charge is -2.33. The van der Waals surface area contributed by atoms with E-state index in [2.05, 4.69) is 9.97 Å². The minimum absolute atomic E-state index is 0.110. The van der Waals surface area contributed by atoms with Gasteiger partial charge in [-0.05, 0) is 45.7 Å². The molecule has 0 spiro atoms. The first kappa shape index (κ1) is 19.0.